The van der Waals surface area contributed by atoms with E-state index in [1.54, 1.807) is 0 Å². The highest BCUT2D eigenvalue weighted by molar-refractivity contribution is 6.35. The molecule has 3 aromatic rings. The van der Waals surface area contributed by atoms with Crippen molar-refractivity contribution in [3.05, 3.63) is 61.3 Å². The zero-order valence-corrected chi connectivity index (χ0v) is 15.9. The molecular weight excluding hydrogens is 422 g/mol. The second-order valence-electron chi connectivity index (χ2n) is 5.94. The number of hydrogen-bond acceptors (Lipinski definition) is 5. The van der Waals surface area contributed by atoms with Gasteiger partial charge in [0.25, 0.3) is 5.56 Å². The third kappa shape index (κ3) is 3.41. The summed E-state index contributed by atoms with van der Waals surface area (Å²) in [6.07, 6.45) is -4.95. The van der Waals surface area contributed by atoms with Crippen molar-refractivity contribution in [2.75, 3.05) is 7.11 Å². The minimum atomic E-state index is -4.95. The third-order valence-corrected chi connectivity index (χ3v) is 4.42. The van der Waals surface area contributed by atoms with E-state index in [0.29, 0.717) is 0 Å². The maximum absolute atomic E-state index is 14.7. The summed E-state index contributed by atoms with van der Waals surface area (Å²) in [6.45, 7) is 1.51. The lowest BCUT2D eigenvalue weighted by molar-refractivity contribution is -0.144. The van der Waals surface area contributed by atoms with Crippen LogP contribution in [0.4, 0.5) is 17.6 Å². The van der Waals surface area contributed by atoms with Gasteiger partial charge < -0.3 is 9.25 Å². The normalized spacial score (nSPS) is 12.6. The predicted octanol–water partition coefficient (Wildman–Crippen LogP) is 3.46. The van der Waals surface area contributed by atoms with Crippen LogP contribution in [-0.4, -0.2) is 22.0 Å². The molecule has 0 atom stereocenters. The molecule has 29 heavy (non-hydrogen) atoms. The Morgan fingerprint density at radius 2 is 1.90 bits per heavy atom. The van der Waals surface area contributed by atoms with Crippen molar-refractivity contribution in [3.63, 3.8) is 0 Å². The molecule has 0 amide bonds. The van der Waals surface area contributed by atoms with Crippen molar-refractivity contribution in [2.24, 2.45) is 12.2 Å². The number of furan rings is 1. The first kappa shape index (κ1) is 20.6. The van der Waals surface area contributed by atoms with Gasteiger partial charge in [-0.05, 0) is 19.1 Å². The molecule has 0 radical (unpaired) electrons. The molecule has 0 fully saturated rings. The smallest absolute Gasteiger partial charge is 0.431 e. The zero-order valence-electron chi connectivity index (χ0n) is 15.1. The molecule has 2 heterocycles. The van der Waals surface area contributed by atoms with Gasteiger partial charge in [-0.1, -0.05) is 16.8 Å². The first-order valence-corrected chi connectivity index (χ1v) is 8.25. The maximum atomic E-state index is 14.7. The van der Waals surface area contributed by atoms with E-state index in [1.807, 2.05) is 0 Å². The van der Waals surface area contributed by atoms with E-state index in [0.717, 1.165) is 13.1 Å². The van der Waals surface area contributed by atoms with Crippen molar-refractivity contribution in [2.45, 2.75) is 13.1 Å². The molecule has 0 aliphatic carbocycles. The van der Waals surface area contributed by atoms with E-state index >= 15 is 0 Å². The topological polar surface area (TPSA) is 78.7 Å². The largest absolute Gasteiger partial charge is 0.452 e. The summed E-state index contributed by atoms with van der Waals surface area (Å²) in [5, 5.41) is 3.68. The van der Waals surface area contributed by atoms with Crippen LogP contribution >= 0.6 is 11.6 Å². The van der Waals surface area contributed by atoms with E-state index in [9.17, 15) is 27.2 Å². The second kappa shape index (κ2) is 7.07. The Morgan fingerprint density at radius 1 is 1.24 bits per heavy atom. The minimum Gasteiger partial charge on any atom is -0.452 e. The number of nitrogens with zero attached hydrogens (tertiary/aromatic N) is 3. The number of benzene rings is 1. The van der Waals surface area contributed by atoms with Gasteiger partial charge in [-0.25, -0.2) is 13.8 Å². The summed E-state index contributed by atoms with van der Waals surface area (Å²) in [4.78, 5) is 29.5. The van der Waals surface area contributed by atoms with E-state index < -0.39 is 34.6 Å². The highest BCUT2D eigenvalue weighted by atomic mass is 35.5. The summed E-state index contributed by atoms with van der Waals surface area (Å²) >= 11 is 6.02. The van der Waals surface area contributed by atoms with E-state index in [4.69, 9.17) is 16.0 Å². The fourth-order valence-electron chi connectivity index (χ4n) is 2.78. The molecule has 7 nitrogen and oxygen atoms in total. The first-order chi connectivity index (χ1) is 13.5. The van der Waals surface area contributed by atoms with Gasteiger partial charge in [0, 0.05) is 18.5 Å². The molecule has 0 N–H and O–H groups in total. The summed E-state index contributed by atoms with van der Waals surface area (Å²) in [6, 6.07) is 2.39. The molecule has 3 rings (SSSR count). The fraction of sp³-hybridized carbons (Fsp3) is 0.235. The van der Waals surface area contributed by atoms with Crippen molar-refractivity contribution >= 4 is 28.3 Å². The molecule has 0 saturated carbocycles. The molecule has 0 spiro atoms. The molecule has 12 heteroatoms. The standard InChI is InChI=1S/C17H12ClF4N3O4/c1-7(23-28-3)11-4-8-9(18)5-10(19)14(15(8)29-11)25-13(26)6-12(17(20,21)22)24(2)16(25)27/h4-6H,1-3H3. The number of hydrogen-bond donors (Lipinski definition) is 0. The zero-order chi connectivity index (χ0) is 21.7. The molecule has 2 aromatic heterocycles. The number of oxime groups is 1. The highest BCUT2D eigenvalue weighted by Gasteiger charge is 2.35. The lowest BCUT2D eigenvalue weighted by Crippen LogP contribution is -2.41. The third-order valence-electron chi connectivity index (χ3n) is 4.10. The first-order valence-electron chi connectivity index (χ1n) is 7.87. The van der Waals surface area contributed by atoms with Crippen molar-refractivity contribution in [1.29, 1.82) is 0 Å². The molecule has 0 aliphatic rings. The van der Waals surface area contributed by atoms with Crippen LogP contribution in [-0.2, 0) is 18.1 Å². The molecule has 0 saturated heterocycles. The average Bonchev–Trinajstić information content (AvgIpc) is 3.06. The lowest BCUT2D eigenvalue weighted by Gasteiger charge is -2.14. The quantitative estimate of drug-likeness (QED) is 0.360. The van der Waals surface area contributed by atoms with Gasteiger partial charge in [0.1, 0.15) is 24.2 Å². The maximum Gasteiger partial charge on any atom is 0.431 e. The van der Waals surface area contributed by atoms with Crippen LogP contribution in [0.3, 0.4) is 0 Å². The summed E-state index contributed by atoms with van der Waals surface area (Å²) in [5.74, 6) is -1.05. The van der Waals surface area contributed by atoms with Crippen LogP contribution in [0, 0.1) is 5.82 Å². The predicted molar refractivity (Wildman–Crippen MR) is 96.2 cm³/mol. The van der Waals surface area contributed by atoms with Gasteiger partial charge in [-0.15, -0.1) is 0 Å². The van der Waals surface area contributed by atoms with Gasteiger partial charge in [-0.2, -0.15) is 13.2 Å². The summed E-state index contributed by atoms with van der Waals surface area (Å²) < 4.78 is 59.8. The Bertz CT molecular complexity index is 1270. The van der Waals surface area contributed by atoms with Gasteiger partial charge in [-0.3, -0.25) is 9.36 Å². The van der Waals surface area contributed by atoms with Crippen LogP contribution < -0.4 is 11.2 Å². The monoisotopic (exact) mass is 433 g/mol. The Hall–Kier alpha value is -3.08. The van der Waals surface area contributed by atoms with Gasteiger partial charge in [0.05, 0.1) is 5.02 Å². The van der Waals surface area contributed by atoms with Gasteiger partial charge in [0.2, 0.25) is 0 Å². The summed E-state index contributed by atoms with van der Waals surface area (Å²) in [5.41, 5.74) is -5.01. The average molecular weight is 434 g/mol. The number of fused-ring (bicyclic) bond motifs is 1. The van der Waals surface area contributed by atoms with Gasteiger partial charge >= 0.3 is 11.9 Å². The SMILES string of the molecule is CON=C(C)c1cc2c(Cl)cc(F)c(-n3c(=O)cc(C(F)(F)F)n(C)c3=O)c2o1. The second-order valence-corrected chi connectivity index (χ2v) is 6.35. The van der Waals surface area contributed by atoms with Crippen LogP contribution in [0.15, 0.2) is 37.4 Å². The molecular formula is C17H12ClF4N3O4. The lowest BCUT2D eigenvalue weighted by atomic mass is 10.2. The van der Waals surface area contributed by atoms with E-state index in [1.165, 1.54) is 20.1 Å². The molecule has 0 aliphatic heterocycles. The number of aromatic nitrogens is 2. The number of rotatable bonds is 3. The molecule has 0 bridgehead atoms. The van der Waals surface area contributed by atoms with Gasteiger partial charge in [0.15, 0.2) is 17.2 Å². The molecule has 154 valence electrons. The van der Waals surface area contributed by atoms with E-state index in [2.05, 4.69) is 9.99 Å². The Morgan fingerprint density at radius 3 is 2.48 bits per heavy atom. The van der Waals surface area contributed by atoms with Crippen LogP contribution in [0.25, 0.3) is 16.7 Å². The fourth-order valence-corrected chi connectivity index (χ4v) is 3.02. The van der Waals surface area contributed by atoms with Crippen LogP contribution in [0.1, 0.15) is 18.4 Å². The van der Waals surface area contributed by atoms with Crippen molar-refractivity contribution < 1.29 is 26.8 Å². The summed E-state index contributed by atoms with van der Waals surface area (Å²) in [7, 11) is 2.10. The Kier molecular flexibility index (Phi) is 5.03. The Labute approximate surface area is 164 Å². The van der Waals surface area contributed by atoms with Crippen molar-refractivity contribution in [3.8, 4) is 5.69 Å². The van der Waals surface area contributed by atoms with E-state index in [-0.39, 0.29) is 42.7 Å². The molecule has 0 unspecified atom stereocenters. The van der Waals surface area contributed by atoms with Crippen molar-refractivity contribution in [1.82, 2.24) is 9.13 Å². The number of alkyl halides is 3. The van der Waals surface area contributed by atoms with Crippen LogP contribution in [0.5, 0.6) is 0 Å². The Balaban J connectivity index is 2.43. The molecule has 1 aromatic carbocycles. The van der Waals surface area contributed by atoms with Crippen LogP contribution in [0.2, 0.25) is 5.02 Å². The highest BCUT2D eigenvalue weighted by Crippen LogP contribution is 2.34. The minimum absolute atomic E-state index is 0.0902. The number of halogens is 5.